The number of nitrogens with zero attached hydrogens (tertiary/aromatic N) is 2. The lowest BCUT2D eigenvalue weighted by atomic mass is 9.89. The number of amides is 1. The molecular weight excluding hydrogens is 341 g/mol. The van der Waals surface area contributed by atoms with Gasteiger partial charge in [0.25, 0.3) is 5.91 Å². The van der Waals surface area contributed by atoms with Crippen molar-refractivity contribution in [3.05, 3.63) is 41.4 Å². The summed E-state index contributed by atoms with van der Waals surface area (Å²) < 4.78 is 14.4. The summed E-state index contributed by atoms with van der Waals surface area (Å²) in [4.78, 5) is 20.5. The van der Waals surface area contributed by atoms with Crippen molar-refractivity contribution < 1.29 is 9.18 Å². The summed E-state index contributed by atoms with van der Waals surface area (Å²) in [5, 5.41) is 3.10. The highest BCUT2D eigenvalue weighted by atomic mass is 32.2. The first kappa shape index (κ1) is 19.0. The zero-order valence-electron chi connectivity index (χ0n) is 14.5. The smallest absolute Gasteiger partial charge is 0.271 e. The SMILES string of the molecule is CN=C(C)C=C(N)C(=O)Nc1ccc(F)c([C@]2(C)CCSC(N)=N2)c1. The minimum absolute atomic E-state index is 0.0246. The Kier molecular flexibility index (Phi) is 5.84. The maximum atomic E-state index is 14.4. The lowest BCUT2D eigenvalue weighted by Gasteiger charge is -2.30. The van der Waals surface area contributed by atoms with Gasteiger partial charge in [0.15, 0.2) is 5.17 Å². The fraction of sp³-hybridized carbons (Fsp3) is 0.353. The van der Waals surface area contributed by atoms with E-state index in [0.717, 1.165) is 5.75 Å². The number of allylic oxidation sites excluding steroid dienone is 1. The summed E-state index contributed by atoms with van der Waals surface area (Å²) in [6.45, 7) is 3.57. The molecule has 0 radical (unpaired) electrons. The number of benzene rings is 1. The molecule has 1 amide bonds. The van der Waals surface area contributed by atoms with Crippen molar-refractivity contribution in [1.82, 2.24) is 0 Å². The van der Waals surface area contributed by atoms with Crippen LogP contribution in [-0.4, -0.2) is 29.6 Å². The summed E-state index contributed by atoms with van der Waals surface area (Å²) in [6.07, 6.45) is 2.13. The molecule has 8 heteroatoms. The van der Waals surface area contributed by atoms with Gasteiger partial charge in [-0.3, -0.25) is 14.8 Å². The molecule has 134 valence electrons. The van der Waals surface area contributed by atoms with Crippen LogP contribution in [0.2, 0.25) is 0 Å². The molecule has 1 aliphatic heterocycles. The van der Waals surface area contributed by atoms with Crippen LogP contribution in [0.5, 0.6) is 0 Å². The van der Waals surface area contributed by atoms with Crippen LogP contribution < -0.4 is 16.8 Å². The first-order valence-electron chi connectivity index (χ1n) is 7.75. The number of halogens is 1. The molecule has 1 aliphatic rings. The van der Waals surface area contributed by atoms with Gasteiger partial charge in [-0.25, -0.2) is 4.39 Å². The van der Waals surface area contributed by atoms with Gasteiger partial charge in [0.05, 0.1) is 11.2 Å². The number of nitrogens with two attached hydrogens (primary N) is 2. The maximum absolute atomic E-state index is 14.4. The molecule has 0 unspecified atom stereocenters. The van der Waals surface area contributed by atoms with Crippen molar-refractivity contribution in [3.63, 3.8) is 0 Å². The Labute approximate surface area is 150 Å². The molecule has 0 aromatic heterocycles. The number of hydrogen-bond donors (Lipinski definition) is 3. The minimum atomic E-state index is -0.757. The number of rotatable bonds is 4. The monoisotopic (exact) mass is 363 g/mol. The zero-order chi connectivity index (χ0) is 18.6. The number of anilines is 1. The third kappa shape index (κ3) is 4.60. The third-order valence-corrected chi connectivity index (χ3v) is 4.77. The van der Waals surface area contributed by atoms with Crippen LogP contribution >= 0.6 is 11.8 Å². The van der Waals surface area contributed by atoms with E-state index in [2.05, 4.69) is 15.3 Å². The largest absolute Gasteiger partial charge is 0.394 e. The third-order valence-electron chi connectivity index (χ3n) is 3.98. The van der Waals surface area contributed by atoms with Crippen molar-refractivity contribution in [3.8, 4) is 0 Å². The Morgan fingerprint density at radius 3 is 2.88 bits per heavy atom. The fourth-order valence-electron chi connectivity index (χ4n) is 2.45. The van der Waals surface area contributed by atoms with Crippen LogP contribution in [0.1, 0.15) is 25.8 Å². The molecule has 0 bridgehead atoms. The molecule has 2 rings (SSSR count). The summed E-state index contributed by atoms with van der Waals surface area (Å²) >= 11 is 1.45. The predicted molar refractivity (Wildman–Crippen MR) is 102 cm³/mol. The molecule has 1 atom stereocenters. The Bertz CT molecular complexity index is 774. The highest BCUT2D eigenvalue weighted by Crippen LogP contribution is 2.37. The second-order valence-corrected chi connectivity index (χ2v) is 7.05. The number of nitrogens with one attached hydrogen (secondary N) is 1. The van der Waals surface area contributed by atoms with Crippen molar-refractivity contribution >= 4 is 34.2 Å². The number of amidine groups is 1. The van der Waals surface area contributed by atoms with Gasteiger partial charge < -0.3 is 16.8 Å². The van der Waals surface area contributed by atoms with Crippen molar-refractivity contribution in [2.45, 2.75) is 25.8 Å². The first-order valence-corrected chi connectivity index (χ1v) is 8.74. The Balaban J connectivity index is 2.29. The van der Waals surface area contributed by atoms with Crippen LogP contribution in [0.25, 0.3) is 0 Å². The Morgan fingerprint density at radius 2 is 2.24 bits per heavy atom. The molecule has 1 aromatic rings. The fourth-order valence-corrected chi connectivity index (χ4v) is 3.43. The van der Waals surface area contributed by atoms with Crippen LogP contribution in [0, 0.1) is 5.82 Å². The van der Waals surface area contributed by atoms with Crippen LogP contribution in [-0.2, 0) is 10.3 Å². The molecule has 0 spiro atoms. The quantitative estimate of drug-likeness (QED) is 0.564. The molecule has 0 saturated heterocycles. The summed E-state index contributed by atoms with van der Waals surface area (Å²) in [7, 11) is 1.61. The number of carbonyl (C=O) groups excluding carboxylic acids is 1. The predicted octanol–water partition coefficient (Wildman–Crippen LogP) is 2.36. The van der Waals surface area contributed by atoms with Gasteiger partial charge in [-0.2, -0.15) is 0 Å². The van der Waals surface area contributed by atoms with Gasteiger partial charge in [-0.15, -0.1) is 0 Å². The normalized spacial score (nSPS) is 21.7. The number of hydrogen-bond acceptors (Lipinski definition) is 6. The standard InChI is InChI=1S/C17H22FN5OS/c1-10(21-3)8-14(19)15(24)22-11-4-5-13(18)12(9-11)17(2)6-7-25-16(20)23-17/h4-5,8-9H,6-7,19H2,1-3H3,(H2,20,23)(H,22,24)/t17-/m0/s1. The molecule has 5 N–H and O–H groups in total. The molecular formula is C17H22FN5OS. The van der Waals surface area contributed by atoms with E-state index in [1.165, 1.54) is 30.0 Å². The zero-order valence-corrected chi connectivity index (χ0v) is 15.3. The highest BCUT2D eigenvalue weighted by Gasteiger charge is 2.32. The number of thioether (sulfide) groups is 1. The average Bonchev–Trinajstić information content (AvgIpc) is 2.56. The van der Waals surface area contributed by atoms with E-state index in [1.54, 1.807) is 20.0 Å². The molecule has 1 aromatic carbocycles. The molecule has 1 heterocycles. The van der Waals surface area contributed by atoms with Crippen LogP contribution in [0.4, 0.5) is 10.1 Å². The highest BCUT2D eigenvalue weighted by molar-refractivity contribution is 8.13. The summed E-state index contributed by atoms with van der Waals surface area (Å²) in [6, 6.07) is 4.37. The van der Waals surface area contributed by atoms with E-state index >= 15 is 0 Å². The van der Waals surface area contributed by atoms with Gasteiger partial charge in [-0.05, 0) is 44.5 Å². The van der Waals surface area contributed by atoms with E-state index in [1.807, 2.05) is 6.92 Å². The van der Waals surface area contributed by atoms with E-state index in [0.29, 0.717) is 28.6 Å². The summed E-state index contributed by atoms with van der Waals surface area (Å²) in [5.41, 5.74) is 12.3. The maximum Gasteiger partial charge on any atom is 0.271 e. The van der Waals surface area contributed by atoms with Crippen molar-refractivity contribution in [2.75, 3.05) is 18.1 Å². The second kappa shape index (κ2) is 7.69. The lowest BCUT2D eigenvalue weighted by Crippen LogP contribution is -2.30. The average molecular weight is 363 g/mol. The van der Waals surface area contributed by atoms with E-state index in [4.69, 9.17) is 11.5 Å². The van der Waals surface area contributed by atoms with Crippen LogP contribution in [0.15, 0.2) is 40.0 Å². The van der Waals surface area contributed by atoms with Gasteiger partial charge in [-0.1, -0.05) is 11.8 Å². The second-order valence-electron chi connectivity index (χ2n) is 5.94. The molecule has 0 saturated carbocycles. The molecule has 0 aliphatic carbocycles. The summed E-state index contributed by atoms with van der Waals surface area (Å²) in [5.74, 6) is -0.109. The lowest BCUT2D eigenvalue weighted by molar-refractivity contribution is -0.112. The van der Waals surface area contributed by atoms with Crippen molar-refractivity contribution in [1.29, 1.82) is 0 Å². The van der Waals surface area contributed by atoms with Gasteiger partial charge in [0, 0.05) is 29.8 Å². The van der Waals surface area contributed by atoms with Gasteiger partial charge >= 0.3 is 0 Å². The van der Waals surface area contributed by atoms with E-state index in [9.17, 15) is 9.18 Å². The van der Waals surface area contributed by atoms with Crippen molar-refractivity contribution in [2.24, 2.45) is 21.5 Å². The van der Waals surface area contributed by atoms with Gasteiger partial charge in [0.1, 0.15) is 5.82 Å². The molecule has 0 fully saturated rings. The van der Waals surface area contributed by atoms with E-state index < -0.39 is 11.4 Å². The molecule has 25 heavy (non-hydrogen) atoms. The van der Waals surface area contributed by atoms with Crippen LogP contribution in [0.3, 0.4) is 0 Å². The first-order chi connectivity index (χ1) is 11.7. The number of aliphatic imine (C=N–C) groups is 2. The number of carbonyl (C=O) groups is 1. The Morgan fingerprint density at radius 1 is 1.52 bits per heavy atom. The minimum Gasteiger partial charge on any atom is -0.394 e. The Hall–Kier alpha value is -2.35. The topological polar surface area (TPSA) is 106 Å². The van der Waals surface area contributed by atoms with Gasteiger partial charge in [0.2, 0.25) is 0 Å². The molecule has 6 nitrogen and oxygen atoms in total. The van der Waals surface area contributed by atoms with E-state index in [-0.39, 0.29) is 11.5 Å².